The minimum atomic E-state index is -3.18. The van der Waals surface area contributed by atoms with E-state index >= 15 is 0 Å². The fourth-order valence-electron chi connectivity index (χ4n) is 1.26. The number of nitrogens with one attached hydrogen (secondary N) is 2. The summed E-state index contributed by atoms with van der Waals surface area (Å²) in [5.74, 6) is 0.786. The Kier molecular flexibility index (Phi) is 5.51. The molecule has 1 aromatic rings. The molecule has 2 N–H and O–H groups in total. The molecule has 0 aliphatic carbocycles. The van der Waals surface area contributed by atoms with Crippen molar-refractivity contribution < 1.29 is 12.8 Å². The SMILES string of the molecule is CNCCCCS(=O)(=O)NCc1ccco1. The summed E-state index contributed by atoms with van der Waals surface area (Å²) in [6.45, 7) is 1.06. The number of hydrogen-bond acceptors (Lipinski definition) is 4. The number of rotatable bonds is 8. The predicted octanol–water partition coefficient (Wildman–Crippen LogP) is 0.699. The molecular weight excluding hydrogens is 228 g/mol. The summed E-state index contributed by atoms with van der Waals surface area (Å²) >= 11 is 0. The molecule has 0 atom stereocenters. The van der Waals surface area contributed by atoms with Gasteiger partial charge in [-0.15, -0.1) is 0 Å². The first-order valence-corrected chi connectivity index (χ1v) is 6.93. The first-order chi connectivity index (χ1) is 7.64. The molecule has 0 radical (unpaired) electrons. The van der Waals surface area contributed by atoms with Gasteiger partial charge in [0.1, 0.15) is 5.76 Å². The van der Waals surface area contributed by atoms with E-state index in [0.717, 1.165) is 13.0 Å². The molecule has 1 heterocycles. The van der Waals surface area contributed by atoms with Crippen molar-refractivity contribution in [3.05, 3.63) is 24.2 Å². The van der Waals surface area contributed by atoms with Crippen molar-refractivity contribution >= 4 is 10.0 Å². The fourth-order valence-corrected chi connectivity index (χ4v) is 2.35. The van der Waals surface area contributed by atoms with Crippen molar-refractivity contribution in [1.82, 2.24) is 10.0 Å². The van der Waals surface area contributed by atoms with E-state index in [1.54, 1.807) is 12.1 Å². The Bertz CT molecular complexity index is 373. The minimum Gasteiger partial charge on any atom is -0.468 e. The van der Waals surface area contributed by atoms with Gasteiger partial charge in [0.15, 0.2) is 0 Å². The van der Waals surface area contributed by atoms with E-state index in [4.69, 9.17) is 4.42 Å². The Morgan fingerprint density at radius 2 is 2.19 bits per heavy atom. The normalized spacial score (nSPS) is 11.8. The third-order valence-electron chi connectivity index (χ3n) is 2.14. The van der Waals surface area contributed by atoms with E-state index in [0.29, 0.717) is 12.2 Å². The molecule has 0 bridgehead atoms. The maximum Gasteiger partial charge on any atom is 0.212 e. The van der Waals surface area contributed by atoms with E-state index in [1.807, 2.05) is 7.05 Å². The van der Waals surface area contributed by atoms with Gasteiger partial charge in [0, 0.05) is 0 Å². The Hall–Kier alpha value is -0.850. The second-order valence-electron chi connectivity index (χ2n) is 3.53. The molecule has 6 heteroatoms. The third-order valence-corrected chi connectivity index (χ3v) is 3.55. The number of furan rings is 1. The molecule has 0 saturated heterocycles. The van der Waals surface area contributed by atoms with Gasteiger partial charge in [-0.3, -0.25) is 0 Å². The van der Waals surface area contributed by atoms with Gasteiger partial charge in [0.2, 0.25) is 10.0 Å². The van der Waals surface area contributed by atoms with Crippen LogP contribution in [0.15, 0.2) is 22.8 Å². The monoisotopic (exact) mass is 246 g/mol. The molecule has 0 aromatic carbocycles. The number of hydrogen-bond donors (Lipinski definition) is 2. The highest BCUT2D eigenvalue weighted by atomic mass is 32.2. The van der Waals surface area contributed by atoms with Crippen LogP contribution in [0.25, 0.3) is 0 Å². The van der Waals surface area contributed by atoms with Crippen molar-refractivity contribution in [3.63, 3.8) is 0 Å². The lowest BCUT2D eigenvalue weighted by Crippen LogP contribution is -2.26. The first kappa shape index (κ1) is 13.2. The second kappa shape index (κ2) is 6.67. The van der Waals surface area contributed by atoms with Crippen LogP contribution < -0.4 is 10.0 Å². The standard InChI is InChI=1S/C10H18N2O3S/c1-11-6-2-3-8-16(13,14)12-9-10-5-4-7-15-10/h4-5,7,11-12H,2-3,6,8-9H2,1H3. The van der Waals surface area contributed by atoms with Crippen LogP contribution >= 0.6 is 0 Å². The van der Waals surface area contributed by atoms with Gasteiger partial charge in [-0.1, -0.05) is 0 Å². The predicted molar refractivity (Wildman–Crippen MR) is 62.5 cm³/mol. The maximum atomic E-state index is 11.5. The van der Waals surface area contributed by atoms with Gasteiger partial charge in [-0.25, -0.2) is 13.1 Å². The largest absolute Gasteiger partial charge is 0.468 e. The van der Waals surface area contributed by atoms with Crippen LogP contribution in [-0.2, 0) is 16.6 Å². The van der Waals surface area contributed by atoms with Crippen molar-refractivity contribution in [2.24, 2.45) is 0 Å². The summed E-state index contributed by atoms with van der Waals surface area (Å²) in [6.07, 6.45) is 3.04. The molecule has 0 fully saturated rings. The zero-order chi connectivity index (χ0) is 11.9. The maximum absolute atomic E-state index is 11.5. The van der Waals surface area contributed by atoms with E-state index in [9.17, 15) is 8.42 Å². The molecular formula is C10H18N2O3S. The van der Waals surface area contributed by atoms with Crippen LogP contribution in [-0.4, -0.2) is 27.8 Å². The molecule has 0 aliphatic rings. The topological polar surface area (TPSA) is 71.3 Å². The van der Waals surface area contributed by atoms with Crippen LogP contribution in [0.1, 0.15) is 18.6 Å². The Labute approximate surface area is 96.3 Å². The highest BCUT2D eigenvalue weighted by Gasteiger charge is 2.09. The highest BCUT2D eigenvalue weighted by Crippen LogP contribution is 2.01. The number of sulfonamides is 1. The molecule has 0 spiro atoms. The van der Waals surface area contributed by atoms with Crippen molar-refractivity contribution in [2.75, 3.05) is 19.3 Å². The van der Waals surface area contributed by atoms with Gasteiger partial charge in [0.05, 0.1) is 18.6 Å². The Morgan fingerprint density at radius 3 is 2.81 bits per heavy atom. The summed E-state index contributed by atoms with van der Waals surface area (Å²) in [5.41, 5.74) is 0. The van der Waals surface area contributed by atoms with E-state index in [-0.39, 0.29) is 12.3 Å². The van der Waals surface area contributed by atoms with Crippen molar-refractivity contribution in [1.29, 1.82) is 0 Å². The molecule has 0 unspecified atom stereocenters. The molecule has 92 valence electrons. The van der Waals surface area contributed by atoms with Crippen molar-refractivity contribution in [2.45, 2.75) is 19.4 Å². The fraction of sp³-hybridized carbons (Fsp3) is 0.600. The van der Waals surface area contributed by atoms with E-state index in [2.05, 4.69) is 10.0 Å². The molecule has 1 rings (SSSR count). The van der Waals surface area contributed by atoms with Gasteiger partial charge in [-0.05, 0) is 38.6 Å². The molecule has 5 nitrogen and oxygen atoms in total. The van der Waals surface area contributed by atoms with Gasteiger partial charge in [-0.2, -0.15) is 0 Å². The summed E-state index contributed by atoms with van der Waals surface area (Å²) in [6, 6.07) is 3.47. The van der Waals surface area contributed by atoms with Crippen LogP contribution in [0.5, 0.6) is 0 Å². The van der Waals surface area contributed by atoms with Crippen LogP contribution in [0, 0.1) is 0 Å². The van der Waals surface area contributed by atoms with Crippen LogP contribution in [0.2, 0.25) is 0 Å². The van der Waals surface area contributed by atoms with Gasteiger partial charge >= 0.3 is 0 Å². The molecule has 16 heavy (non-hydrogen) atoms. The van der Waals surface area contributed by atoms with Gasteiger partial charge < -0.3 is 9.73 Å². The quantitative estimate of drug-likeness (QED) is 0.662. The summed E-state index contributed by atoms with van der Waals surface area (Å²) in [4.78, 5) is 0. The zero-order valence-corrected chi connectivity index (χ0v) is 10.2. The summed E-state index contributed by atoms with van der Waals surface area (Å²) in [5, 5.41) is 2.98. The van der Waals surface area contributed by atoms with Crippen LogP contribution in [0.4, 0.5) is 0 Å². The van der Waals surface area contributed by atoms with E-state index in [1.165, 1.54) is 6.26 Å². The Morgan fingerprint density at radius 1 is 1.38 bits per heavy atom. The average molecular weight is 246 g/mol. The lowest BCUT2D eigenvalue weighted by Gasteiger charge is -2.04. The minimum absolute atomic E-state index is 0.162. The molecule has 0 aliphatic heterocycles. The van der Waals surface area contributed by atoms with Crippen LogP contribution in [0.3, 0.4) is 0 Å². The number of unbranched alkanes of at least 4 members (excludes halogenated alkanes) is 1. The first-order valence-electron chi connectivity index (χ1n) is 5.28. The summed E-state index contributed by atoms with van der Waals surface area (Å²) < 4.78 is 30.6. The smallest absolute Gasteiger partial charge is 0.212 e. The highest BCUT2D eigenvalue weighted by molar-refractivity contribution is 7.89. The molecule has 0 amide bonds. The lowest BCUT2D eigenvalue weighted by atomic mass is 10.3. The third kappa shape index (κ3) is 5.29. The average Bonchev–Trinajstić information content (AvgIpc) is 2.75. The van der Waals surface area contributed by atoms with E-state index < -0.39 is 10.0 Å². The summed E-state index contributed by atoms with van der Waals surface area (Å²) in [7, 11) is -1.33. The Balaban J connectivity index is 2.23. The molecule has 0 saturated carbocycles. The molecule has 1 aromatic heterocycles. The second-order valence-corrected chi connectivity index (χ2v) is 5.46. The zero-order valence-electron chi connectivity index (χ0n) is 9.40. The van der Waals surface area contributed by atoms with Gasteiger partial charge in [0.25, 0.3) is 0 Å². The van der Waals surface area contributed by atoms with Crippen molar-refractivity contribution in [3.8, 4) is 0 Å². The lowest BCUT2D eigenvalue weighted by molar-refractivity contribution is 0.498.